The molecular weight excluding hydrogens is 334 g/mol. The van der Waals surface area contributed by atoms with Gasteiger partial charge in [-0.3, -0.25) is 0 Å². The zero-order chi connectivity index (χ0) is 13.8. The number of halogens is 1. The third kappa shape index (κ3) is 3.84. The molecule has 0 atom stereocenters. The Kier molecular flexibility index (Phi) is 4.76. The number of hydrogen-bond donors (Lipinski definition) is 1. The molecule has 0 amide bonds. The Morgan fingerprint density at radius 1 is 1.25 bits per heavy atom. The van der Waals surface area contributed by atoms with Crippen LogP contribution in [0, 0.1) is 0 Å². The molecule has 106 valence electrons. The van der Waals surface area contributed by atoms with E-state index in [0.29, 0.717) is 6.04 Å². The van der Waals surface area contributed by atoms with E-state index in [1.165, 1.54) is 23.3 Å². The molecule has 1 aromatic heterocycles. The van der Waals surface area contributed by atoms with Gasteiger partial charge in [-0.05, 0) is 46.3 Å². The first-order valence-electron chi connectivity index (χ1n) is 6.99. The average molecular weight is 352 g/mol. The van der Waals surface area contributed by atoms with E-state index in [-0.39, 0.29) is 0 Å². The van der Waals surface area contributed by atoms with Gasteiger partial charge < -0.3 is 10.1 Å². The minimum atomic E-state index is 0.716. The average Bonchev–Trinajstić information content (AvgIpc) is 3.14. The summed E-state index contributed by atoms with van der Waals surface area (Å²) in [7, 11) is 0. The summed E-state index contributed by atoms with van der Waals surface area (Å²) in [6, 6.07) is 11.2. The summed E-state index contributed by atoms with van der Waals surface area (Å²) < 4.78 is 7.05. The lowest BCUT2D eigenvalue weighted by atomic mass is 10.2. The van der Waals surface area contributed by atoms with E-state index in [4.69, 9.17) is 4.74 Å². The number of para-hydroxylation sites is 1. The van der Waals surface area contributed by atoms with Crippen LogP contribution in [-0.4, -0.2) is 12.6 Å². The quantitative estimate of drug-likeness (QED) is 0.798. The Balaban J connectivity index is 1.60. The van der Waals surface area contributed by atoms with Crippen molar-refractivity contribution in [3.05, 3.63) is 50.6 Å². The number of rotatable bonds is 7. The van der Waals surface area contributed by atoms with Crippen LogP contribution in [0.15, 0.2) is 40.2 Å². The minimum absolute atomic E-state index is 0.716. The molecule has 1 fully saturated rings. The van der Waals surface area contributed by atoms with E-state index in [0.717, 1.165) is 29.8 Å². The van der Waals surface area contributed by atoms with Crippen molar-refractivity contribution in [1.82, 2.24) is 5.32 Å². The molecule has 4 heteroatoms. The summed E-state index contributed by atoms with van der Waals surface area (Å²) >= 11 is 5.38. The van der Waals surface area contributed by atoms with Crippen LogP contribution in [0.3, 0.4) is 0 Å². The Labute approximate surface area is 132 Å². The molecule has 0 saturated heterocycles. The van der Waals surface area contributed by atoms with Gasteiger partial charge in [0.25, 0.3) is 0 Å². The molecule has 2 aromatic rings. The smallest absolute Gasteiger partial charge is 0.137 e. The van der Waals surface area contributed by atoms with Gasteiger partial charge in [-0.15, -0.1) is 11.3 Å². The van der Waals surface area contributed by atoms with Gasteiger partial charge >= 0.3 is 0 Å². The molecule has 1 aliphatic carbocycles. The second-order valence-electron chi connectivity index (χ2n) is 5.06. The molecule has 1 N–H and O–H groups in total. The van der Waals surface area contributed by atoms with Crippen LogP contribution in [0.5, 0.6) is 5.75 Å². The molecule has 0 radical (unpaired) electrons. The lowest BCUT2D eigenvalue weighted by molar-refractivity contribution is 0.316. The van der Waals surface area contributed by atoms with Crippen LogP contribution in [-0.2, 0) is 13.0 Å². The maximum atomic E-state index is 6.01. The molecule has 1 aromatic carbocycles. The van der Waals surface area contributed by atoms with Crippen molar-refractivity contribution in [3.63, 3.8) is 0 Å². The van der Waals surface area contributed by atoms with Gasteiger partial charge in [0, 0.05) is 29.4 Å². The van der Waals surface area contributed by atoms with Gasteiger partial charge in [0.15, 0.2) is 0 Å². The predicted molar refractivity (Wildman–Crippen MR) is 87.5 cm³/mol. The first-order valence-corrected chi connectivity index (χ1v) is 8.66. The number of benzene rings is 1. The van der Waals surface area contributed by atoms with E-state index >= 15 is 0 Å². The zero-order valence-corrected chi connectivity index (χ0v) is 13.7. The highest BCUT2D eigenvalue weighted by atomic mass is 79.9. The van der Waals surface area contributed by atoms with Crippen LogP contribution >= 0.6 is 27.3 Å². The Hall–Kier alpha value is -0.840. The molecule has 2 nitrogen and oxygen atoms in total. The Morgan fingerprint density at radius 2 is 2.15 bits per heavy atom. The van der Waals surface area contributed by atoms with Crippen LogP contribution in [0.4, 0.5) is 0 Å². The summed E-state index contributed by atoms with van der Waals surface area (Å²) in [5, 5.41) is 5.66. The van der Waals surface area contributed by atoms with E-state index in [1.54, 1.807) is 11.3 Å². The molecule has 1 aliphatic rings. The SMILES string of the molecule is Brc1cccc(CNC2CC2)c1OCCc1cccs1. The van der Waals surface area contributed by atoms with Crippen LogP contribution in [0.1, 0.15) is 23.3 Å². The standard InChI is InChI=1S/C16H18BrNOS/c17-15-5-1-3-12(11-18-13-6-7-13)16(15)19-9-8-14-4-2-10-20-14/h1-5,10,13,18H,6-9,11H2. The van der Waals surface area contributed by atoms with Crippen molar-refractivity contribution in [1.29, 1.82) is 0 Å². The van der Waals surface area contributed by atoms with Crippen molar-refractivity contribution in [2.75, 3.05) is 6.61 Å². The fourth-order valence-electron chi connectivity index (χ4n) is 2.10. The fraction of sp³-hybridized carbons (Fsp3) is 0.375. The first-order chi connectivity index (χ1) is 9.83. The maximum absolute atomic E-state index is 6.01. The maximum Gasteiger partial charge on any atom is 0.137 e. The van der Waals surface area contributed by atoms with Crippen molar-refractivity contribution in [2.24, 2.45) is 0 Å². The Bertz CT molecular complexity index is 552. The molecule has 3 rings (SSSR count). The van der Waals surface area contributed by atoms with Crippen molar-refractivity contribution in [2.45, 2.75) is 31.8 Å². The highest BCUT2D eigenvalue weighted by Crippen LogP contribution is 2.30. The van der Waals surface area contributed by atoms with Gasteiger partial charge in [0.05, 0.1) is 11.1 Å². The van der Waals surface area contributed by atoms with Crippen LogP contribution in [0.25, 0.3) is 0 Å². The first kappa shape index (κ1) is 14.1. The fourth-order valence-corrected chi connectivity index (χ4v) is 3.32. The monoisotopic (exact) mass is 351 g/mol. The van der Waals surface area contributed by atoms with Gasteiger partial charge in [0.1, 0.15) is 5.75 Å². The molecule has 1 saturated carbocycles. The summed E-state index contributed by atoms with van der Waals surface area (Å²) in [5.74, 6) is 0.984. The second kappa shape index (κ2) is 6.74. The van der Waals surface area contributed by atoms with E-state index in [9.17, 15) is 0 Å². The number of ether oxygens (including phenoxy) is 1. The molecule has 0 spiro atoms. The topological polar surface area (TPSA) is 21.3 Å². The lowest BCUT2D eigenvalue weighted by Crippen LogP contribution is -2.16. The number of nitrogens with one attached hydrogen (secondary N) is 1. The molecule has 0 aliphatic heterocycles. The van der Waals surface area contributed by atoms with Crippen molar-refractivity contribution < 1.29 is 4.74 Å². The third-order valence-corrected chi connectivity index (χ3v) is 4.94. The van der Waals surface area contributed by atoms with Gasteiger partial charge in [-0.2, -0.15) is 0 Å². The van der Waals surface area contributed by atoms with E-state index in [1.807, 2.05) is 6.07 Å². The van der Waals surface area contributed by atoms with Gasteiger partial charge in [0.2, 0.25) is 0 Å². The van der Waals surface area contributed by atoms with Crippen LogP contribution in [0.2, 0.25) is 0 Å². The van der Waals surface area contributed by atoms with Gasteiger partial charge in [-0.25, -0.2) is 0 Å². The van der Waals surface area contributed by atoms with Gasteiger partial charge in [-0.1, -0.05) is 18.2 Å². The second-order valence-corrected chi connectivity index (χ2v) is 6.95. The summed E-state index contributed by atoms with van der Waals surface area (Å²) in [6.07, 6.45) is 3.58. The molecule has 0 bridgehead atoms. The largest absolute Gasteiger partial charge is 0.492 e. The number of hydrogen-bond acceptors (Lipinski definition) is 3. The highest BCUT2D eigenvalue weighted by molar-refractivity contribution is 9.10. The molecule has 0 unspecified atom stereocenters. The van der Waals surface area contributed by atoms with Crippen LogP contribution < -0.4 is 10.1 Å². The van der Waals surface area contributed by atoms with E-state index < -0.39 is 0 Å². The van der Waals surface area contributed by atoms with E-state index in [2.05, 4.69) is 50.9 Å². The lowest BCUT2D eigenvalue weighted by Gasteiger charge is -2.13. The molecule has 20 heavy (non-hydrogen) atoms. The predicted octanol–water partition coefficient (Wildman–Crippen LogP) is 4.38. The normalized spacial score (nSPS) is 14.4. The number of thiophene rings is 1. The Morgan fingerprint density at radius 3 is 2.90 bits per heavy atom. The molecular formula is C16H18BrNOS. The third-order valence-electron chi connectivity index (χ3n) is 3.38. The highest BCUT2D eigenvalue weighted by Gasteiger charge is 2.21. The van der Waals surface area contributed by atoms with Crippen molar-refractivity contribution in [3.8, 4) is 5.75 Å². The zero-order valence-electron chi connectivity index (χ0n) is 11.3. The summed E-state index contributed by atoms with van der Waals surface area (Å²) in [6.45, 7) is 1.61. The van der Waals surface area contributed by atoms with Crippen molar-refractivity contribution >= 4 is 27.3 Å². The molecule has 1 heterocycles. The minimum Gasteiger partial charge on any atom is -0.492 e. The summed E-state index contributed by atoms with van der Waals surface area (Å²) in [4.78, 5) is 1.37. The summed E-state index contributed by atoms with van der Waals surface area (Å²) in [5.41, 5.74) is 1.23.